The topological polar surface area (TPSA) is 42.0 Å². The molecular formula is C24H30N2OS. The van der Waals surface area contributed by atoms with Gasteiger partial charge in [0.1, 0.15) is 0 Å². The number of hydrogen-bond acceptors (Lipinski definition) is 3. The number of aryl methyl sites for hydroxylation is 3. The van der Waals surface area contributed by atoms with Crippen LogP contribution in [-0.4, -0.2) is 10.9 Å². The summed E-state index contributed by atoms with van der Waals surface area (Å²) in [6, 6.07) is 4.43. The number of anilines is 1. The van der Waals surface area contributed by atoms with Crippen molar-refractivity contribution in [3.8, 4) is 11.3 Å². The zero-order valence-corrected chi connectivity index (χ0v) is 18.0. The van der Waals surface area contributed by atoms with Gasteiger partial charge in [-0.1, -0.05) is 6.07 Å². The van der Waals surface area contributed by atoms with Crippen molar-refractivity contribution in [1.82, 2.24) is 4.98 Å². The molecule has 4 heteroatoms. The van der Waals surface area contributed by atoms with Gasteiger partial charge in [-0.05, 0) is 105 Å². The van der Waals surface area contributed by atoms with Crippen molar-refractivity contribution in [2.24, 2.45) is 23.2 Å². The minimum atomic E-state index is 0.166. The summed E-state index contributed by atoms with van der Waals surface area (Å²) in [4.78, 5) is 17.6. The Morgan fingerprint density at radius 3 is 2.29 bits per heavy atom. The highest BCUT2D eigenvalue weighted by molar-refractivity contribution is 7.14. The van der Waals surface area contributed by atoms with Crippen LogP contribution in [0.25, 0.3) is 11.3 Å². The lowest BCUT2D eigenvalue weighted by atomic mass is 9.49. The first kappa shape index (κ1) is 18.4. The summed E-state index contributed by atoms with van der Waals surface area (Å²) in [5, 5.41) is 5.93. The molecule has 4 aliphatic carbocycles. The Bertz CT molecular complexity index is 893. The molecular weight excluding hydrogens is 364 g/mol. The predicted octanol–water partition coefficient (Wildman–Crippen LogP) is 6.28. The average molecular weight is 395 g/mol. The minimum Gasteiger partial charge on any atom is -0.302 e. The molecule has 28 heavy (non-hydrogen) atoms. The van der Waals surface area contributed by atoms with Gasteiger partial charge in [0.05, 0.1) is 5.69 Å². The third-order valence-corrected chi connectivity index (χ3v) is 8.33. The van der Waals surface area contributed by atoms with Crippen LogP contribution in [0, 0.1) is 43.9 Å². The van der Waals surface area contributed by atoms with Crippen molar-refractivity contribution < 1.29 is 4.79 Å². The fourth-order valence-corrected chi connectivity index (χ4v) is 7.43. The van der Waals surface area contributed by atoms with Gasteiger partial charge in [-0.2, -0.15) is 0 Å². The molecule has 1 aromatic carbocycles. The van der Waals surface area contributed by atoms with Gasteiger partial charge in [0.25, 0.3) is 0 Å². The maximum Gasteiger partial charge on any atom is 0.226 e. The predicted molar refractivity (Wildman–Crippen MR) is 116 cm³/mol. The Kier molecular flexibility index (Phi) is 4.38. The van der Waals surface area contributed by atoms with E-state index in [0.717, 1.165) is 28.6 Å². The van der Waals surface area contributed by atoms with Gasteiger partial charge in [0.2, 0.25) is 5.91 Å². The van der Waals surface area contributed by atoms with E-state index < -0.39 is 0 Å². The Morgan fingerprint density at radius 2 is 1.64 bits per heavy atom. The Morgan fingerprint density at radius 1 is 1.04 bits per heavy atom. The normalized spacial score (nSPS) is 30.6. The number of carbonyl (C=O) groups excluding carboxylic acids is 1. The molecule has 148 valence electrons. The van der Waals surface area contributed by atoms with E-state index in [2.05, 4.69) is 43.6 Å². The summed E-state index contributed by atoms with van der Waals surface area (Å²) < 4.78 is 0. The van der Waals surface area contributed by atoms with Crippen molar-refractivity contribution in [1.29, 1.82) is 0 Å². The lowest BCUT2D eigenvalue weighted by Gasteiger charge is -2.56. The maximum atomic E-state index is 12.9. The Hall–Kier alpha value is -1.68. The van der Waals surface area contributed by atoms with Crippen molar-refractivity contribution in [3.63, 3.8) is 0 Å². The van der Waals surface area contributed by atoms with Gasteiger partial charge in [0, 0.05) is 17.4 Å². The van der Waals surface area contributed by atoms with Crippen molar-refractivity contribution in [2.75, 3.05) is 5.32 Å². The zero-order chi connectivity index (χ0) is 19.5. The molecule has 2 aromatic rings. The van der Waals surface area contributed by atoms with Crippen molar-refractivity contribution >= 4 is 22.4 Å². The molecule has 6 rings (SSSR count). The van der Waals surface area contributed by atoms with Crippen LogP contribution in [0.1, 0.15) is 61.6 Å². The number of aromatic nitrogens is 1. The summed E-state index contributed by atoms with van der Waals surface area (Å²) in [5.41, 5.74) is 6.24. The van der Waals surface area contributed by atoms with E-state index in [1.54, 1.807) is 11.3 Å². The monoisotopic (exact) mass is 394 g/mol. The highest BCUT2D eigenvalue weighted by Gasteiger charge is 2.51. The molecule has 3 nitrogen and oxygen atoms in total. The molecule has 0 radical (unpaired) electrons. The fourth-order valence-electron chi connectivity index (χ4n) is 6.70. The lowest BCUT2D eigenvalue weighted by molar-refractivity contribution is -0.124. The first-order chi connectivity index (χ1) is 13.4. The second kappa shape index (κ2) is 6.69. The first-order valence-corrected chi connectivity index (χ1v) is 11.6. The standard InChI is InChI=1S/C24H30N2OS/c1-14-4-16(3)20(5-15(14)2)21-13-28-23(25-21)26-22(27)12-24-9-17-6-18(10-24)8-19(7-17)11-24/h4-5,13,17-19H,6-12H2,1-3H3,(H,25,26,27). The van der Waals surface area contributed by atoms with Crippen molar-refractivity contribution in [3.05, 3.63) is 34.2 Å². The molecule has 0 saturated heterocycles. The van der Waals surface area contributed by atoms with Crippen LogP contribution in [0.5, 0.6) is 0 Å². The van der Waals surface area contributed by atoms with E-state index >= 15 is 0 Å². The molecule has 0 aliphatic heterocycles. The Balaban J connectivity index is 1.29. The molecule has 1 heterocycles. The number of rotatable bonds is 4. The van der Waals surface area contributed by atoms with Crippen LogP contribution in [0.4, 0.5) is 5.13 Å². The molecule has 0 spiro atoms. The molecule has 0 unspecified atom stereocenters. The van der Waals surface area contributed by atoms with Gasteiger partial charge in [-0.3, -0.25) is 4.79 Å². The third-order valence-electron chi connectivity index (χ3n) is 7.57. The lowest BCUT2D eigenvalue weighted by Crippen LogP contribution is -2.47. The largest absolute Gasteiger partial charge is 0.302 e. The second-order valence-electron chi connectivity index (χ2n) is 9.93. The SMILES string of the molecule is Cc1cc(C)c(-c2csc(NC(=O)CC34CC5CC(CC(C5)C3)C4)n2)cc1C. The first-order valence-electron chi connectivity index (χ1n) is 10.7. The number of nitrogens with one attached hydrogen (secondary N) is 1. The van der Waals surface area contributed by atoms with Crippen LogP contribution < -0.4 is 5.32 Å². The molecule has 4 saturated carbocycles. The van der Waals surface area contributed by atoms with E-state index in [4.69, 9.17) is 4.98 Å². The van der Waals surface area contributed by atoms with Gasteiger partial charge >= 0.3 is 0 Å². The fraction of sp³-hybridized carbons (Fsp3) is 0.583. The summed E-state index contributed by atoms with van der Waals surface area (Å²) in [5.74, 6) is 2.83. The summed E-state index contributed by atoms with van der Waals surface area (Å²) in [7, 11) is 0. The molecule has 4 fully saturated rings. The number of hydrogen-bond donors (Lipinski definition) is 1. The molecule has 4 aliphatic rings. The average Bonchev–Trinajstić information content (AvgIpc) is 3.04. The van der Waals surface area contributed by atoms with E-state index in [1.165, 1.54) is 60.8 Å². The van der Waals surface area contributed by atoms with Gasteiger partial charge in [0.15, 0.2) is 5.13 Å². The number of carbonyl (C=O) groups is 1. The van der Waals surface area contributed by atoms with E-state index in [-0.39, 0.29) is 11.3 Å². The summed E-state index contributed by atoms with van der Waals surface area (Å²) >= 11 is 1.54. The highest BCUT2D eigenvalue weighted by Crippen LogP contribution is 2.61. The minimum absolute atomic E-state index is 0.166. The van der Waals surface area contributed by atoms with Crippen LogP contribution in [0.15, 0.2) is 17.5 Å². The van der Waals surface area contributed by atoms with Gasteiger partial charge in [-0.15, -0.1) is 11.3 Å². The summed E-state index contributed by atoms with van der Waals surface area (Å²) in [6.45, 7) is 6.41. The molecule has 1 N–H and O–H groups in total. The van der Waals surface area contributed by atoms with Crippen molar-refractivity contribution in [2.45, 2.75) is 65.7 Å². The quantitative estimate of drug-likeness (QED) is 0.663. The number of benzene rings is 1. The second-order valence-corrected chi connectivity index (χ2v) is 10.8. The maximum absolute atomic E-state index is 12.9. The molecule has 0 atom stereocenters. The van der Waals surface area contributed by atoms with E-state index in [0.29, 0.717) is 6.42 Å². The molecule has 1 amide bonds. The Labute approximate surface area is 172 Å². The highest BCUT2D eigenvalue weighted by atomic mass is 32.1. The molecule has 4 bridgehead atoms. The van der Waals surface area contributed by atoms with Crippen LogP contribution >= 0.6 is 11.3 Å². The van der Waals surface area contributed by atoms with Gasteiger partial charge < -0.3 is 5.32 Å². The number of amides is 1. The molecule has 1 aromatic heterocycles. The van der Waals surface area contributed by atoms with E-state index in [1.807, 2.05) is 0 Å². The summed E-state index contributed by atoms with van der Waals surface area (Å²) in [6.07, 6.45) is 8.78. The number of nitrogens with zero attached hydrogens (tertiary/aromatic N) is 1. The number of thiazole rings is 1. The van der Waals surface area contributed by atoms with Crippen LogP contribution in [0.3, 0.4) is 0 Å². The third kappa shape index (κ3) is 3.30. The zero-order valence-electron chi connectivity index (χ0n) is 17.2. The van der Waals surface area contributed by atoms with E-state index in [9.17, 15) is 4.79 Å². The smallest absolute Gasteiger partial charge is 0.226 e. The van der Waals surface area contributed by atoms with Crippen LogP contribution in [0.2, 0.25) is 0 Å². The van der Waals surface area contributed by atoms with Gasteiger partial charge in [-0.25, -0.2) is 4.98 Å². The van der Waals surface area contributed by atoms with Crippen LogP contribution in [-0.2, 0) is 4.79 Å².